The molecule has 0 atom stereocenters. The first-order valence-electron chi connectivity index (χ1n) is 5.79. The molecule has 0 radical (unpaired) electrons. The molecule has 0 bridgehead atoms. The summed E-state index contributed by atoms with van der Waals surface area (Å²) in [4.78, 5) is 10.4. The number of halogens is 2. The predicted molar refractivity (Wildman–Crippen MR) is 78.9 cm³/mol. The zero-order chi connectivity index (χ0) is 14.5. The fourth-order valence-electron chi connectivity index (χ4n) is 1.65. The first kappa shape index (κ1) is 14.6. The molecular weight excluding hydrogens is 380 g/mol. The van der Waals surface area contributed by atoms with E-state index < -0.39 is 10.7 Å². The van der Waals surface area contributed by atoms with E-state index in [1.165, 1.54) is 6.07 Å². The molecule has 20 heavy (non-hydrogen) atoms. The van der Waals surface area contributed by atoms with Crippen LogP contribution in [0.1, 0.15) is 6.42 Å². The lowest BCUT2D eigenvalue weighted by Gasteiger charge is -2.08. The van der Waals surface area contributed by atoms with E-state index in [2.05, 4.69) is 15.6 Å². The molecule has 2 rings (SSSR count). The molecular formula is C11H11FIN5O2. The molecule has 0 saturated carbocycles. The monoisotopic (exact) mass is 391 g/mol. The van der Waals surface area contributed by atoms with Gasteiger partial charge in [-0.3, -0.25) is 14.8 Å². The highest BCUT2D eigenvalue weighted by Gasteiger charge is 2.16. The molecule has 2 aromatic rings. The molecule has 1 aromatic heterocycles. The van der Waals surface area contributed by atoms with Crippen LogP contribution in [0.25, 0.3) is 0 Å². The highest BCUT2D eigenvalue weighted by atomic mass is 127. The lowest BCUT2D eigenvalue weighted by Crippen LogP contribution is -2.09. The Bertz CT molecular complexity index is 605. The Morgan fingerprint density at radius 2 is 2.30 bits per heavy atom. The lowest BCUT2D eigenvalue weighted by molar-refractivity contribution is -0.384. The van der Waals surface area contributed by atoms with E-state index in [9.17, 15) is 14.5 Å². The summed E-state index contributed by atoms with van der Waals surface area (Å²) in [6.45, 7) is 1.11. The van der Waals surface area contributed by atoms with Crippen molar-refractivity contribution in [3.05, 3.63) is 44.0 Å². The van der Waals surface area contributed by atoms with Crippen LogP contribution >= 0.6 is 22.6 Å². The van der Waals surface area contributed by atoms with Crippen molar-refractivity contribution >= 4 is 34.0 Å². The van der Waals surface area contributed by atoms with Crippen LogP contribution in [0.15, 0.2) is 24.5 Å². The molecule has 9 heteroatoms. The predicted octanol–water partition coefficient (Wildman–Crippen LogP) is 2.43. The van der Waals surface area contributed by atoms with Gasteiger partial charge in [0.2, 0.25) is 0 Å². The first-order chi connectivity index (χ1) is 9.58. The van der Waals surface area contributed by atoms with Crippen molar-refractivity contribution in [2.75, 3.05) is 11.9 Å². The van der Waals surface area contributed by atoms with Crippen LogP contribution in [0.4, 0.5) is 15.8 Å². The van der Waals surface area contributed by atoms with E-state index in [1.54, 1.807) is 39.7 Å². The number of hydrogen-bond donors (Lipinski definition) is 1. The summed E-state index contributed by atoms with van der Waals surface area (Å²) in [6, 6.07) is 2.37. The Balaban J connectivity index is 1.98. The number of aryl methyl sites for hydroxylation is 1. The Kier molecular flexibility index (Phi) is 4.82. The van der Waals surface area contributed by atoms with Crippen LogP contribution in [0.5, 0.6) is 0 Å². The highest BCUT2D eigenvalue weighted by Crippen LogP contribution is 2.28. The van der Waals surface area contributed by atoms with Gasteiger partial charge < -0.3 is 5.32 Å². The fraction of sp³-hybridized carbons (Fsp3) is 0.273. The second kappa shape index (κ2) is 6.59. The summed E-state index contributed by atoms with van der Waals surface area (Å²) in [7, 11) is 0. The van der Waals surface area contributed by atoms with Gasteiger partial charge in [-0.25, -0.2) is 4.39 Å². The van der Waals surface area contributed by atoms with Crippen molar-refractivity contribution in [2.45, 2.75) is 13.0 Å². The number of rotatable bonds is 6. The van der Waals surface area contributed by atoms with Gasteiger partial charge in [-0.05, 0) is 29.0 Å². The number of nitrogens with one attached hydrogen (secondary N) is 1. The van der Waals surface area contributed by atoms with Crippen molar-refractivity contribution in [3.63, 3.8) is 0 Å². The van der Waals surface area contributed by atoms with Crippen molar-refractivity contribution in [3.8, 4) is 0 Å². The molecule has 0 amide bonds. The van der Waals surface area contributed by atoms with Gasteiger partial charge >= 0.3 is 0 Å². The number of aromatic nitrogens is 3. The Morgan fingerprint density at radius 3 is 2.95 bits per heavy atom. The van der Waals surface area contributed by atoms with Crippen LogP contribution in [-0.2, 0) is 6.54 Å². The summed E-state index contributed by atoms with van der Waals surface area (Å²) in [5, 5.41) is 21.3. The van der Waals surface area contributed by atoms with E-state index in [0.29, 0.717) is 19.5 Å². The summed E-state index contributed by atoms with van der Waals surface area (Å²) in [5.41, 5.74) is 0.0584. The van der Waals surface area contributed by atoms with E-state index >= 15 is 0 Å². The molecule has 0 unspecified atom stereocenters. The third-order valence-electron chi connectivity index (χ3n) is 2.59. The summed E-state index contributed by atoms with van der Waals surface area (Å²) >= 11 is 1.73. The number of nitrogens with zero attached hydrogens (tertiary/aromatic N) is 4. The smallest absolute Gasteiger partial charge is 0.293 e. The van der Waals surface area contributed by atoms with Crippen LogP contribution in [0, 0.1) is 19.5 Å². The fourth-order valence-corrected chi connectivity index (χ4v) is 2.10. The molecule has 7 nitrogen and oxygen atoms in total. The first-order valence-corrected chi connectivity index (χ1v) is 6.87. The molecule has 0 fully saturated rings. The van der Waals surface area contributed by atoms with Gasteiger partial charge in [0.15, 0.2) is 0 Å². The van der Waals surface area contributed by atoms with Gasteiger partial charge in [-0.1, -0.05) is 5.21 Å². The Labute approximate surface area is 127 Å². The van der Waals surface area contributed by atoms with Gasteiger partial charge in [-0.15, -0.1) is 5.10 Å². The van der Waals surface area contributed by atoms with E-state index in [0.717, 1.165) is 6.07 Å². The molecule has 0 aliphatic heterocycles. The van der Waals surface area contributed by atoms with Gasteiger partial charge in [0, 0.05) is 31.4 Å². The Hall–Kier alpha value is -1.78. The normalized spacial score (nSPS) is 10.5. The quantitative estimate of drug-likeness (QED) is 0.354. The lowest BCUT2D eigenvalue weighted by atomic mass is 10.2. The number of nitro benzene ring substituents is 1. The van der Waals surface area contributed by atoms with Crippen LogP contribution in [0.2, 0.25) is 0 Å². The van der Waals surface area contributed by atoms with Gasteiger partial charge in [0.1, 0.15) is 11.5 Å². The zero-order valence-electron chi connectivity index (χ0n) is 10.3. The number of hydrogen-bond acceptors (Lipinski definition) is 5. The maximum atomic E-state index is 13.5. The third-order valence-corrected chi connectivity index (χ3v) is 3.41. The Morgan fingerprint density at radius 1 is 1.50 bits per heavy atom. The third kappa shape index (κ3) is 3.62. The number of benzene rings is 1. The van der Waals surface area contributed by atoms with Gasteiger partial charge in [-0.2, -0.15) is 0 Å². The largest absolute Gasteiger partial charge is 0.379 e. The topological polar surface area (TPSA) is 85.9 Å². The average Bonchev–Trinajstić information content (AvgIpc) is 2.91. The zero-order valence-corrected chi connectivity index (χ0v) is 12.4. The van der Waals surface area contributed by atoms with Gasteiger partial charge in [0.05, 0.1) is 14.7 Å². The maximum Gasteiger partial charge on any atom is 0.293 e. The van der Waals surface area contributed by atoms with Crippen LogP contribution in [-0.4, -0.2) is 26.5 Å². The molecule has 0 spiro atoms. The van der Waals surface area contributed by atoms with Crippen LogP contribution < -0.4 is 5.32 Å². The average molecular weight is 391 g/mol. The minimum atomic E-state index is -0.526. The number of anilines is 1. The maximum absolute atomic E-state index is 13.5. The highest BCUT2D eigenvalue weighted by molar-refractivity contribution is 14.1. The minimum absolute atomic E-state index is 0.128. The van der Waals surface area contributed by atoms with Crippen molar-refractivity contribution in [1.82, 2.24) is 15.0 Å². The van der Waals surface area contributed by atoms with E-state index in [4.69, 9.17) is 0 Å². The molecule has 1 heterocycles. The summed E-state index contributed by atoms with van der Waals surface area (Å²) < 4.78 is 15.3. The molecule has 1 aromatic carbocycles. The standard InChI is InChI=1S/C11H11FIN5O2/c12-8-6-10(11(18(19)20)7-9(8)13)14-2-1-4-17-5-3-15-16-17/h3,5-7,14H,1-2,4H2. The van der Waals surface area contributed by atoms with E-state index in [1.807, 2.05) is 0 Å². The molecule has 0 saturated heterocycles. The molecule has 0 aliphatic rings. The summed E-state index contributed by atoms with van der Waals surface area (Å²) in [5.74, 6) is -0.477. The van der Waals surface area contributed by atoms with Crippen molar-refractivity contribution in [1.29, 1.82) is 0 Å². The van der Waals surface area contributed by atoms with Crippen molar-refractivity contribution < 1.29 is 9.31 Å². The molecule has 1 N–H and O–H groups in total. The van der Waals surface area contributed by atoms with Crippen molar-refractivity contribution in [2.24, 2.45) is 0 Å². The van der Waals surface area contributed by atoms with E-state index in [-0.39, 0.29) is 14.9 Å². The van der Waals surface area contributed by atoms with Crippen LogP contribution in [0.3, 0.4) is 0 Å². The number of nitro groups is 1. The molecule has 0 aliphatic carbocycles. The second-order valence-electron chi connectivity index (χ2n) is 3.99. The summed E-state index contributed by atoms with van der Waals surface area (Å²) in [6.07, 6.45) is 3.99. The minimum Gasteiger partial charge on any atom is -0.379 e. The second-order valence-corrected chi connectivity index (χ2v) is 5.15. The molecule has 106 valence electrons. The SMILES string of the molecule is O=[N+]([O-])c1cc(I)c(F)cc1NCCCn1ccnn1. The van der Waals surface area contributed by atoms with Gasteiger partial charge in [0.25, 0.3) is 5.69 Å².